The number of rotatable bonds is 6. The number of aromatic nitrogens is 2. The van der Waals surface area contributed by atoms with E-state index in [9.17, 15) is 4.79 Å². The molecule has 1 aromatic heterocycles. The third kappa shape index (κ3) is 4.36. The molecule has 2 aromatic carbocycles. The second kappa shape index (κ2) is 7.33. The quantitative estimate of drug-likeness (QED) is 0.684. The van der Waals surface area contributed by atoms with Gasteiger partial charge in [-0.05, 0) is 36.6 Å². The summed E-state index contributed by atoms with van der Waals surface area (Å²) in [4.78, 5) is 19.6. The highest BCUT2D eigenvalue weighted by Gasteiger charge is 2.07. The lowest BCUT2D eigenvalue weighted by atomic mass is 10.1. The smallest absolute Gasteiger partial charge is 0.230 e. The van der Waals surface area contributed by atoms with Crippen molar-refractivity contribution >= 4 is 28.7 Å². The fourth-order valence-corrected chi connectivity index (χ4v) is 3.06. The molecular weight excluding hydrogens is 306 g/mol. The first kappa shape index (κ1) is 15.6. The molecule has 3 rings (SSSR count). The van der Waals surface area contributed by atoms with Crippen LogP contribution in [0.5, 0.6) is 0 Å². The van der Waals surface area contributed by atoms with Crippen molar-refractivity contribution < 1.29 is 4.79 Å². The van der Waals surface area contributed by atoms with E-state index in [1.165, 1.54) is 22.9 Å². The molecule has 0 aliphatic carbocycles. The lowest BCUT2D eigenvalue weighted by molar-refractivity contribution is -0.118. The third-order valence-electron chi connectivity index (χ3n) is 3.53. The van der Waals surface area contributed by atoms with Gasteiger partial charge in [-0.1, -0.05) is 48.2 Å². The van der Waals surface area contributed by atoms with Gasteiger partial charge in [0.15, 0.2) is 5.16 Å². The Morgan fingerprint density at radius 3 is 2.87 bits per heavy atom. The number of H-pyrrole nitrogens is 1. The highest BCUT2D eigenvalue weighted by atomic mass is 32.2. The van der Waals surface area contributed by atoms with Crippen molar-refractivity contribution in [2.75, 3.05) is 12.3 Å². The van der Waals surface area contributed by atoms with E-state index in [1.54, 1.807) is 0 Å². The number of carbonyl (C=O) groups excluding carboxylic acids is 1. The first-order valence-corrected chi connectivity index (χ1v) is 8.59. The minimum Gasteiger partial charge on any atom is -0.355 e. The van der Waals surface area contributed by atoms with Crippen molar-refractivity contribution in [1.82, 2.24) is 15.3 Å². The molecule has 0 saturated heterocycles. The molecule has 4 nitrogen and oxygen atoms in total. The maximum Gasteiger partial charge on any atom is 0.230 e. The minimum absolute atomic E-state index is 0.0302. The summed E-state index contributed by atoms with van der Waals surface area (Å²) in [5.74, 6) is 0.399. The third-order valence-corrected chi connectivity index (χ3v) is 4.41. The van der Waals surface area contributed by atoms with E-state index in [2.05, 4.69) is 33.5 Å². The predicted molar refractivity (Wildman–Crippen MR) is 94.7 cm³/mol. The number of imidazole rings is 1. The summed E-state index contributed by atoms with van der Waals surface area (Å²) in [6.07, 6.45) is 0.848. The van der Waals surface area contributed by atoms with Gasteiger partial charge in [-0.2, -0.15) is 0 Å². The Labute approximate surface area is 139 Å². The zero-order chi connectivity index (χ0) is 16.1. The van der Waals surface area contributed by atoms with Gasteiger partial charge in [0.1, 0.15) is 0 Å². The number of nitrogens with zero attached hydrogens (tertiary/aromatic N) is 1. The number of hydrogen-bond donors (Lipinski definition) is 2. The SMILES string of the molecule is Cc1ccc2nc(SCC(=O)NCCc3ccccc3)[nH]c2c1. The molecule has 3 aromatic rings. The number of benzene rings is 2. The monoisotopic (exact) mass is 325 g/mol. The molecule has 23 heavy (non-hydrogen) atoms. The van der Waals surface area contributed by atoms with E-state index in [4.69, 9.17) is 0 Å². The topological polar surface area (TPSA) is 57.8 Å². The number of fused-ring (bicyclic) bond motifs is 1. The second-order valence-electron chi connectivity index (χ2n) is 5.44. The summed E-state index contributed by atoms with van der Waals surface area (Å²) in [7, 11) is 0. The van der Waals surface area contributed by atoms with Gasteiger partial charge in [0, 0.05) is 6.54 Å². The molecule has 1 heterocycles. The predicted octanol–water partition coefficient (Wildman–Crippen LogP) is 3.32. The van der Waals surface area contributed by atoms with Gasteiger partial charge in [-0.3, -0.25) is 4.79 Å². The Bertz CT molecular complexity index is 798. The molecule has 0 saturated carbocycles. The summed E-state index contributed by atoms with van der Waals surface area (Å²) >= 11 is 1.43. The lowest BCUT2D eigenvalue weighted by Gasteiger charge is -2.04. The van der Waals surface area contributed by atoms with Gasteiger partial charge in [-0.25, -0.2) is 4.98 Å². The van der Waals surface area contributed by atoms with Gasteiger partial charge >= 0.3 is 0 Å². The summed E-state index contributed by atoms with van der Waals surface area (Å²) in [6, 6.07) is 16.2. The summed E-state index contributed by atoms with van der Waals surface area (Å²) in [5, 5.41) is 3.72. The molecular formula is C18H19N3OS. The van der Waals surface area contributed by atoms with E-state index in [0.717, 1.165) is 22.6 Å². The number of thioether (sulfide) groups is 1. The molecule has 2 N–H and O–H groups in total. The first-order chi connectivity index (χ1) is 11.2. The average Bonchev–Trinajstić information content (AvgIpc) is 2.96. The number of aryl methyl sites for hydroxylation is 1. The van der Waals surface area contributed by atoms with Gasteiger partial charge in [0.2, 0.25) is 5.91 Å². The van der Waals surface area contributed by atoms with Gasteiger partial charge in [0.05, 0.1) is 16.8 Å². The Morgan fingerprint density at radius 1 is 1.22 bits per heavy atom. The Hall–Kier alpha value is -2.27. The highest BCUT2D eigenvalue weighted by molar-refractivity contribution is 7.99. The molecule has 1 amide bonds. The molecule has 118 valence electrons. The summed E-state index contributed by atoms with van der Waals surface area (Å²) in [5.41, 5.74) is 4.36. The van der Waals surface area contributed by atoms with Crippen LogP contribution in [0, 0.1) is 6.92 Å². The minimum atomic E-state index is 0.0302. The average molecular weight is 325 g/mol. The standard InChI is InChI=1S/C18H19N3OS/c1-13-7-8-15-16(11-13)21-18(20-15)23-12-17(22)19-10-9-14-5-3-2-4-6-14/h2-8,11H,9-10,12H2,1H3,(H,19,22)(H,20,21). The van der Waals surface area contributed by atoms with Crippen LogP contribution in [0.2, 0.25) is 0 Å². The Balaban J connectivity index is 1.46. The van der Waals surface area contributed by atoms with Crippen molar-refractivity contribution in [3.05, 3.63) is 59.7 Å². The maximum atomic E-state index is 11.9. The zero-order valence-electron chi connectivity index (χ0n) is 13.0. The molecule has 5 heteroatoms. The summed E-state index contributed by atoms with van der Waals surface area (Å²) < 4.78 is 0. The highest BCUT2D eigenvalue weighted by Crippen LogP contribution is 2.20. The fraction of sp³-hybridized carbons (Fsp3) is 0.222. The van der Waals surface area contributed by atoms with Crippen LogP contribution in [0.1, 0.15) is 11.1 Å². The van der Waals surface area contributed by atoms with Gasteiger partial charge in [0.25, 0.3) is 0 Å². The number of hydrogen-bond acceptors (Lipinski definition) is 3. The Morgan fingerprint density at radius 2 is 2.04 bits per heavy atom. The van der Waals surface area contributed by atoms with Crippen molar-refractivity contribution in [3.8, 4) is 0 Å². The molecule has 0 aliphatic rings. The Kier molecular flexibility index (Phi) is 4.98. The van der Waals surface area contributed by atoms with Crippen LogP contribution in [0.3, 0.4) is 0 Å². The maximum absolute atomic E-state index is 11.9. The first-order valence-electron chi connectivity index (χ1n) is 7.60. The number of carbonyl (C=O) groups is 1. The van der Waals surface area contributed by atoms with Gasteiger partial charge < -0.3 is 10.3 Å². The molecule has 0 unspecified atom stereocenters. The van der Waals surface area contributed by atoms with E-state index in [1.807, 2.05) is 37.3 Å². The molecule has 0 bridgehead atoms. The van der Waals surface area contributed by atoms with Gasteiger partial charge in [-0.15, -0.1) is 0 Å². The van der Waals surface area contributed by atoms with Crippen LogP contribution in [-0.2, 0) is 11.2 Å². The van der Waals surface area contributed by atoms with Crippen molar-refractivity contribution in [2.45, 2.75) is 18.5 Å². The number of nitrogens with one attached hydrogen (secondary N) is 2. The molecule has 0 radical (unpaired) electrons. The van der Waals surface area contributed by atoms with Crippen LogP contribution in [0.4, 0.5) is 0 Å². The van der Waals surface area contributed by atoms with Crippen molar-refractivity contribution in [1.29, 1.82) is 0 Å². The fourth-order valence-electron chi connectivity index (χ4n) is 2.34. The molecule has 0 fully saturated rings. The van der Waals surface area contributed by atoms with Crippen LogP contribution in [-0.4, -0.2) is 28.2 Å². The number of aromatic amines is 1. The summed E-state index contributed by atoms with van der Waals surface area (Å²) in [6.45, 7) is 2.70. The largest absolute Gasteiger partial charge is 0.355 e. The van der Waals surface area contributed by atoms with Crippen LogP contribution < -0.4 is 5.32 Å². The molecule has 0 spiro atoms. The van der Waals surface area contributed by atoms with E-state index >= 15 is 0 Å². The van der Waals surface area contributed by atoms with E-state index in [-0.39, 0.29) is 5.91 Å². The molecule has 0 aliphatic heterocycles. The second-order valence-corrected chi connectivity index (χ2v) is 6.40. The van der Waals surface area contributed by atoms with Crippen molar-refractivity contribution in [2.24, 2.45) is 0 Å². The van der Waals surface area contributed by atoms with Crippen molar-refractivity contribution in [3.63, 3.8) is 0 Å². The lowest BCUT2D eigenvalue weighted by Crippen LogP contribution is -2.27. The normalized spacial score (nSPS) is 10.8. The molecule has 0 atom stereocenters. The van der Waals surface area contributed by atoms with E-state index in [0.29, 0.717) is 12.3 Å². The number of amides is 1. The van der Waals surface area contributed by atoms with Crippen LogP contribution >= 0.6 is 11.8 Å². The van der Waals surface area contributed by atoms with Crippen LogP contribution in [0.25, 0.3) is 11.0 Å². The van der Waals surface area contributed by atoms with Crippen LogP contribution in [0.15, 0.2) is 53.7 Å². The van der Waals surface area contributed by atoms with E-state index < -0.39 is 0 Å². The zero-order valence-corrected chi connectivity index (χ0v) is 13.8.